The van der Waals surface area contributed by atoms with E-state index in [1.807, 2.05) is 30.3 Å². The van der Waals surface area contributed by atoms with E-state index in [2.05, 4.69) is 30.7 Å². The molecule has 0 radical (unpaired) electrons. The number of benzene rings is 2. The fourth-order valence-corrected chi connectivity index (χ4v) is 4.31. The average Bonchev–Trinajstić information content (AvgIpc) is 3.10. The minimum absolute atomic E-state index is 0.233. The first-order valence-electron chi connectivity index (χ1n) is 9.39. The lowest BCUT2D eigenvalue weighted by Crippen LogP contribution is -2.44. The molecule has 2 heterocycles. The summed E-state index contributed by atoms with van der Waals surface area (Å²) in [6.45, 7) is 2.35. The number of halogens is 4. The van der Waals surface area contributed by atoms with Crippen molar-refractivity contribution in [1.29, 1.82) is 0 Å². The number of alkyl halides is 3. The molecule has 2 aromatic rings. The van der Waals surface area contributed by atoms with Crippen molar-refractivity contribution in [3.05, 3.63) is 64.1 Å². The summed E-state index contributed by atoms with van der Waals surface area (Å²) >= 11 is 3.16. The highest BCUT2D eigenvalue weighted by Gasteiger charge is 2.42. The molecule has 0 N–H and O–H groups in total. The molecule has 1 saturated heterocycles. The number of oxime groups is 1. The molecule has 2 aliphatic heterocycles. The first-order valence-corrected chi connectivity index (χ1v) is 10.2. The Bertz CT molecular complexity index is 895. The van der Waals surface area contributed by atoms with Crippen molar-refractivity contribution in [1.82, 2.24) is 4.90 Å². The molecular formula is C21H20BrF3N2O2. The van der Waals surface area contributed by atoms with E-state index >= 15 is 0 Å². The SMILES string of the molecule is FC(F)(F)Oc1ccc(CN2CCC3(CC2)CC(c2ccccc2)=NO3)cc1Br. The van der Waals surface area contributed by atoms with Crippen LogP contribution in [-0.2, 0) is 11.4 Å². The maximum absolute atomic E-state index is 12.4. The highest BCUT2D eigenvalue weighted by Crippen LogP contribution is 2.37. The highest BCUT2D eigenvalue weighted by atomic mass is 79.9. The Labute approximate surface area is 175 Å². The zero-order valence-electron chi connectivity index (χ0n) is 15.6. The molecule has 0 amide bonds. The van der Waals surface area contributed by atoms with Crippen LogP contribution in [0.5, 0.6) is 5.75 Å². The number of hydrogen-bond acceptors (Lipinski definition) is 4. The fraction of sp³-hybridized carbons (Fsp3) is 0.381. The van der Waals surface area contributed by atoms with E-state index in [4.69, 9.17) is 4.84 Å². The van der Waals surface area contributed by atoms with Gasteiger partial charge in [0.05, 0.1) is 10.2 Å². The molecule has 0 bridgehead atoms. The lowest BCUT2D eigenvalue weighted by molar-refractivity contribution is -0.274. The van der Waals surface area contributed by atoms with Crippen LogP contribution in [0.1, 0.15) is 30.4 Å². The Kier molecular flexibility index (Phi) is 5.57. The minimum atomic E-state index is -4.70. The van der Waals surface area contributed by atoms with Crippen LogP contribution in [0.2, 0.25) is 0 Å². The van der Waals surface area contributed by atoms with Crippen molar-refractivity contribution in [2.24, 2.45) is 5.16 Å². The van der Waals surface area contributed by atoms with Crippen LogP contribution in [-0.4, -0.2) is 35.7 Å². The maximum Gasteiger partial charge on any atom is 0.573 e. The fourth-order valence-electron chi connectivity index (χ4n) is 3.80. The van der Waals surface area contributed by atoms with Gasteiger partial charge in [-0.15, -0.1) is 13.2 Å². The first-order chi connectivity index (χ1) is 13.8. The Morgan fingerprint density at radius 3 is 2.48 bits per heavy atom. The summed E-state index contributed by atoms with van der Waals surface area (Å²) in [6, 6.07) is 14.7. The van der Waals surface area contributed by atoms with E-state index in [9.17, 15) is 13.2 Å². The Hall–Kier alpha value is -2.06. The maximum atomic E-state index is 12.4. The van der Waals surface area contributed by atoms with Crippen molar-refractivity contribution in [2.45, 2.75) is 37.8 Å². The quantitative estimate of drug-likeness (QED) is 0.593. The number of piperidine rings is 1. The van der Waals surface area contributed by atoms with Crippen molar-refractivity contribution in [3.8, 4) is 5.75 Å². The minimum Gasteiger partial charge on any atom is -0.405 e. The summed E-state index contributed by atoms with van der Waals surface area (Å²) < 4.78 is 41.5. The molecule has 2 aromatic carbocycles. The predicted octanol–water partition coefficient (Wildman–Crippen LogP) is 5.51. The van der Waals surface area contributed by atoms with Crippen LogP contribution in [0.15, 0.2) is 58.2 Å². The third kappa shape index (κ3) is 4.93. The van der Waals surface area contributed by atoms with Crippen LogP contribution in [0.3, 0.4) is 0 Å². The van der Waals surface area contributed by atoms with Gasteiger partial charge in [0.25, 0.3) is 0 Å². The van der Waals surface area contributed by atoms with Gasteiger partial charge >= 0.3 is 6.36 Å². The Morgan fingerprint density at radius 2 is 1.83 bits per heavy atom. The van der Waals surface area contributed by atoms with Gasteiger partial charge in [0.1, 0.15) is 11.4 Å². The van der Waals surface area contributed by atoms with E-state index < -0.39 is 6.36 Å². The van der Waals surface area contributed by atoms with Crippen molar-refractivity contribution in [3.63, 3.8) is 0 Å². The van der Waals surface area contributed by atoms with Crippen LogP contribution in [0.25, 0.3) is 0 Å². The molecule has 29 heavy (non-hydrogen) atoms. The summed E-state index contributed by atoms with van der Waals surface area (Å²) in [6.07, 6.45) is -2.17. The number of ether oxygens (including phenoxy) is 1. The smallest absolute Gasteiger partial charge is 0.405 e. The van der Waals surface area contributed by atoms with Crippen molar-refractivity contribution in [2.75, 3.05) is 13.1 Å². The molecule has 8 heteroatoms. The molecule has 0 saturated carbocycles. The highest BCUT2D eigenvalue weighted by molar-refractivity contribution is 9.10. The summed E-state index contributed by atoms with van der Waals surface area (Å²) in [4.78, 5) is 8.14. The van der Waals surface area contributed by atoms with Crippen LogP contribution < -0.4 is 4.74 Å². The summed E-state index contributed by atoms with van der Waals surface area (Å²) in [5.74, 6) is -0.233. The molecule has 1 spiro atoms. The molecule has 0 atom stereocenters. The van der Waals surface area contributed by atoms with E-state index in [1.54, 1.807) is 12.1 Å². The van der Waals surface area contributed by atoms with Crippen LogP contribution >= 0.6 is 15.9 Å². The summed E-state index contributed by atoms with van der Waals surface area (Å²) in [5.41, 5.74) is 2.77. The lowest BCUT2D eigenvalue weighted by Gasteiger charge is -2.37. The Morgan fingerprint density at radius 1 is 1.10 bits per heavy atom. The van der Waals surface area contributed by atoms with E-state index in [0.29, 0.717) is 11.0 Å². The summed E-state index contributed by atoms with van der Waals surface area (Å²) in [5, 5.41) is 4.33. The second kappa shape index (κ2) is 7.99. The van der Waals surface area contributed by atoms with Gasteiger partial charge in [-0.3, -0.25) is 4.90 Å². The summed E-state index contributed by atoms with van der Waals surface area (Å²) in [7, 11) is 0. The van der Waals surface area contributed by atoms with Gasteiger partial charge in [0, 0.05) is 38.9 Å². The van der Waals surface area contributed by atoms with Crippen LogP contribution in [0.4, 0.5) is 13.2 Å². The zero-order valence-corrected chi connectivity index (χ0v) is 17.2. The number of nitrogens with zero attached hydrogens (tertiary/aromatic N) is 2. The molecule has 0 aromatic heterocycles. The first kappa shape index (κ1) is 20.2. The third-order valence-electron chi connectivity index (χ3n) is 5.34. The number of likely N-dealkylation sites (tertiary alicyclic amines) is 1. The van der Waals surface area contributed by atoms with Gasteiger partial charge in [0.2, 0.25) is 0 Å². The molecule has 0 unspecified atom stereocenters. The second-order valence-corrected chi connectivity index (χ2v) is 8.30. The van der Waals surface area contributed by atoms with Gasteiger partial charge in [-0.25, -0.2) is 0 Å². The topological polar surface area (TPSA) is 34.1 Å². The monoisotopic (exact) mass is 468 g/mol. The Balaban J connectivity index is 1.32. The molecule has 4 rings (SSSR count). The van der Waals surface area contributed by atoms with E-state index in [-0.39, 0.29) is 11.4 Å². The van der Waals surface area contributed by atoms with Gasteiger partial charge in [-0.2, -0.15) is 0 Å². The predicted molar refractivity (Wildman–Crippen MR) is 107 cm³/mol. The normalized spacial score (nSPS) is 19.1. The van der Waals surface area contributed by atoms with Gasteiger partial charge in [0.15, 0.2) is 0 Å². The molecule has 1 fully saturated rings. The van der Waals surface area contributed by atoms with Crippen molar-refractivity contribution >= 4 is 21.6 Å². The lowest BCUT2D eigenvalue weighted by atomic mass is 9.85. The molecule has 2 aliphatic rings. The largest absolute Gasteiger partial charge is 0.573 e. The van der Waals surface area contributed by atoms with Gasteiger partial charge < -0.3 is 9.57 Å². The van der Waals surface area contributed by atoms with E-state index in [1.165, 1.54) is 6.07 Å². The van der Waals surface area contributed by atoms with E-state index in [0.717, 1.165) is 49.2 Å². The third-order valence-corrected chi connectivity index (χ3v) is 5.96. The number of rotatable bonds is 4. The molecule has 4 nitrogen and oxygen atoms in total. The molecule has 154 valence electrons. The van der Waals surface area contributed by atoms with Crippen LogP contribution in [0, 0.1) is 0 Å². The van der Waals surface area contributed by atoms with Gasteiger partial charge in [-0.05, 0) is 39.2 Å². The molecular weight excluding hydrogens is 449 g/mol. The standard InChI is InChI=1S/C21H20BrF3N2O2/c22-17-12-15(6-7-19(17)28-21(23,24)25)14-27-10-8-20(9-11-27)13-18(26-29-20)16-4-2-1-3-5-16/h1-7,12H,8-11,13-14H2. The zero-order chi connectivity index (χ0) is 20.5. The number of hydrogen-bond donors (Lipinski definition) is 0. The van der Waals surface area contributed by atoms with Crippen molar-refractivity contribution < 1.29 is 22.7 Å². The van der Waals surface area contributed by atoms with Gasteiger partial charge in [-0.1, -0.05) is 41.6 Å². The second-order valence-electron chi connectivity index (χ2n) is 7.44. The molecule has 0 aliphatic carbocycles. The average molecular weight is 469 g/mol.